The second-order valence-electron chi connectivity index (χ2n) is 6.24. The lowest BCUT2D eigenvalue weighted by molar-refractivity contribution is -0.305. The Hall–Kier alpha value is -3.07. The Morgan fingerprint density at radius 2 is 1.83 bits per heavy atom. The van der Waals surface area contributed by atoms with E-state index in [0.717, 1.165) is 10.9 Å². The third-order valence-corrected chi connectivity index (χ3v) is 5.13. The van der Waals surface area contributed by atoms with Gasteiger partial charge in [0.1, 0.15) is 6.54 Å². The Morgan fingerprint density at radius 3 is 2.48 bits per heavy atom. The molecule has 0 saturated carbocycles. The maximum absolute atomic E-state index is 13.1. The number of carbonyl (C=O) groups excluding carboxylic acids is 2. The number of alkyl halides is 3. The number of hydrogen-bond acceptors (Lipinski definition) is 4. The topological polar surface area (TPSA) is 74.2 Å². The first-order chi connectivity index (χ1) is 13.8. The highest BCUT2D eigenvalue weighted by Gasteiger charge is 2.33. The summed E-state index contributed by atoms with van der Waals surface area (Å²) in [4.78, 5) is 24.2. The molecule has 1 aromatic carbocycles. The van der Waals surface area contributed by atoms with E-state index in [0.29, 0.717) is 11.4 Å². The summed E-state index contributed by atoms with van der Waals surface area (Å²) in [5.74, 6) is -1.87. The zero-order valence-electron chi connectivity index (χ0n) is 15.0. The minimum atomic E-state index is -4.60. The molecule has 0 bridgehead atoms. The molecule has 3 rings (SSSR count). The van der Waals surface area contributed by atoms with E-state index >= 15 is 0 Å². The average Bonchev–Trinajstić information content (AvgIpc) is 3.29. The van der Waals surface area contributed by atoms with Gasteiger partial charge in [-0.3, -0.25) is 4.79 Å². The number of para-hydroxylation sites is 1. The van der Waals surface area contributed by atoms with Gasteiger partial charge in [0.05, 0.1) is 21.8 Å². The molecule has 5 nitrogen and oxygen atoms in total. The number of benzene rings is 1. The van der Waals surface area contributed by atoms with Crippen molar-refractivity contribution >= 4 is 28.9 Å². The van der Waals surface area contributed by atoms with Crippen molar-refractivity contribution in [1.29, 1.82) is 0 Å². The highest BCUT2D eigenvalue weighted by atomic mass is 32.1. The lowest BCUT2D eigenvalue weighted by Crippen LogP contribution is -2.24. The van der Waals surface area contributed by atoms with Gasteiger partial charge in [-0.1, -0.05) is 18.2 Å². The number of carboxylic acids is 1. The summed E-state index contributed by atoms with van der Waals surface area (Å²) in [6.45, 7) is -0.255. The lowest BCUT2D eigenvalue weighted by atomic mass is 10.1. The molecule has 0 aliphatic heterocycles. The molecule has 1 amide bonds. The summed E-state index contributed by atoms with van der Waals surface area (Å²) < 4.78 is 41.1. The van der Waals surface area contributed by atoms with Crippen LogP contribution in [0.25, 0.3) is 10.6 Å². The van der Waals surface area contributed by atoms with Crippen LogP contribution in [0, 0.1) is 0 Å². The molecule has 152 valence electrons. The molecule has 0 aliphatic carbocycles. The number of carboxylic acid groups (broad SMARTS) is 1. The van der Waals surface area contributed by atoms with Gasteiger partial charge in [-0.15, -0.1) is 11.3 Å². The van der Waals surface area contributed by atoms with Crippen molar-refractivity contribution < 1.29 is 27.9 Å². The molecule has 2 aromatic heterocycles. The number of amides is 1. The van der Waals surface area contributed by atoms with Crippen molar-refractivity contribution in [2.24, 2.45) is 0 Å². The van der Waals surface area contributed by atoms with E-state index in [-0.39, 0.29) is 25.1 Å². The lowest BCUT2D eigenvalue weighted by Gasteiger charge is -2.16. The molecule has 0 radical (unpaired) electrons. The molecule has 0 unspecified atom stereocenters. The van der Waals surface area contributed by atoms with Gasteiger partial charge in [-0.25, -0.2) is 0 Å². The van der Waals surface area contributed by atoms with Gasteiger partial charge < -0.3 is 19.8 Å². The van der Waals surface area contributed by atoms with E-state index in [1.165, 1.54) is 29.5 Å². The second-order valence-corrected chi connectivity index (χ2v) is 7.18. The first kappa shape index (κ1) is 20.7. The number of aryl methyl sites for hydroxylation is 1. The van der Waals surface area contributed by atoms with E-state index in [1.54, 1.807) is 16.7 Å². The number of carbonyl (C=O) groups is 2. The van der Waals surface area contributed by atoms with Crippen LogP contribution in [0.2, 0.25) is 0 Å². The number of aliphatic carboxylic acids is 1. The predicted octanol–water partition coefficient (Wildman–Crippen LogP) is 3.56. The molecule has 9 heteroatoms. The summed E-state index contributed by atoms with van der Waals surface area (Å²) >= 11 is 1.43. The summed E-state index contributed by atoms with van der Waals surface area (Å²) in [5, 5.41) is 15.0. The summed E-state index contributed by atoms with van der Waals surface area (Å²) in [6, 6.07) is 11.9. The zero-order valence-corrected chi connectivity index (χ0v) is 15.8. The third kappa shape index (κ3) is 5.05. The van der Waals surface area contributed by atoms with Crippen LogP contribution in [0.15, 0.2) is 53.9 Å². The molecule has 2 heterocycles. The van der Waals surface area contributed by atoms with Gasteiger partial charge in [0, 0.05) is 11.7 Å². The fraction of sp³-hybridized carbons (Fsp3) is 0.200. The van der Waals surface area contributed by atoms with Crippen molar-refractivity contribution in [1.82, 2.24) is 4.57 Å². The molecule has 0 atom stereocenters. The normalized spacial score (nSPS) is 11.4. The average molecular weight is 421 g/mol. The van der Waals surface area contributed by atoms with Crippen LogP contribution in [0.1, 0.15) is 17.7 Å². The molecule has 3 aromatic rings. The van der Waals surface area contributed by atoms with E-state index < -0.39 is 23.6 Å². The van der Waals surface area contributed by atoms with Crippen LogP contribution in [0.4, 0.5) is 18.9 Å². The Balaban J connectivity index is 1.86. The second kappa shape index (κ2) is 8.52. The monoisotopic (exact) mass is 421 g/mol. The Morgan fingerprint density at radius 1 is 1.07 bits per heavy atom. The summed E-state index contributed by atoms with van der Waals surface area (Å²) in [6.07, 6.45) is -4.69. The number of hydrogen-bond donors (Lipinski definition) is 1. The number of aromatic nitrogens is 1. The number of anilines is 1. The highest BCUT2D eigenvalue weighted by Crippen LogP contribution is 2.34. The quantitative estimate of drug-likeness (QED) is 0.634. The minimum absolute atomic E-state index is 0.139. The standard InChI is InChI=1S/C20H17F3N2O3S/c21-20(22,23)14-4-1-2-5-15(14)24-18(26)12-25-13(8-10-19(27)28)7-9-16(25)17-6-3-11-29-17/h1-7,9,11H,8,10,12H2,(H,24,26)(H,27,28)/p-1. The number of nitrogens with zero attached hydrogens (tertiary/aromatic N) is 1. The first-order valence-corrected chi connectivity index (χ1v) is 9.52. The fourth-order valence-electron chi connectivity index (χ4n) is 2.96. The molecular formula is C20H16F3N2O3S-. The molecular weight excluding hydrogens is 405 g/mol. The summed E-state index contributed by atoms with van der Waals surface area (Å²) in [7, 11) is 0. The Kier molecular flexibility index (Phi) is 6.07. The zero-order chi connectivity index (χ0) is 21.0. The van der Waals surface area contributed by atoms with Gasteiger partial charge in [-0.2, -0.15) is 13.2 Å². The van der Waals surface area contributed by atoms with E-state index in [9.17, 15) is 27.9 Å². The molecule has 0 aliphatic rings. The number of rotatable bonds is 7. The Labute approximate surface area is 168 Å². The maximum Gasteiger partial charge on any atom is 0.418 e. The molecule has 0 spiro atoms. The van der Waals surface area contributed by atoms with Crippen LogP contribution < -0.4 is 10.4 Å². The third-order valence-electron chi connectivity index (χ3n) is 4.24. The van der Waals surface area contributed by atoms with Gasteiger partial charge in [0.15, 0.2) is 0 Å². The van der Waals surface area contributed by atoms with Crippen LogP contribution in [-0.2, 0) is 28.7 Å². The van der Waals surface area contributed by atoms with Gasteiger partial charge in [-0.05, 0) is 48.6 Å². The van der Waals surface area contributed by atoms with E-state index in [2.05, 4.69) is 5.32 Å². The number of nitrogens with one attached hydrogen (secondary N) is 1. The smallest absolute Gasteiger partial charge is 0.418 e. The van der Waals surface area contributed by atoms with Crippen molar-refractivity contribution in [2.45, 2.75) is 25.6 Å². The van der Waals surface area contributed by atoms with Crippen molar-refractivity contribution in [3.8, 4) is 10.6 Å². The maximum atomic E-state index is 13.1. The molecule has 29 heavy (non-hydrogen) atoms. The Bertz CT molecular complexity index is 1010. The first-order valence-electron chi connectivity index (χ1n) is 8.64. The molecule has 0 saturated heterocycles. The largest absolute Gasteiger partial charge is 0.550 e. The SMILES string of the molecule is O=C([O-])CCc1ccc(-c2cccs2)n1CC(=O)Nc1ccccc1C(F)(F)F. The van der Waals surface area contributed by atoms with Crippen molar-refractivity contribution in [2.75, 3.05) is 5.32 Å². The van der Waals surface area contributed by atoms with Crippen molar-refractivity contribution in [3.63, 3.8) is 0 Å². The van der Waals surface area contributed by atoms with Crippen LogP contribution in [-0.4, -0.2) is 16.4 Å². The van der Waals surface area contributed by atoms with E-state index in [4.69, 9.17) is 0 Å². The van der Waals surface area contributed by atoms with Crippen molar-refractivity contribution in [3.05, 3.63) is 65.2 Å². The number of halogens is 3. The minimum Gasteiger partial charge on any atom is -0.550 e. The van der Waals surface area contributed by atoms with Crippen LogP contribution >= 0.6 is 11.3 Å². The predicted molar refractivity (Wildman–Crippen MR) is 101 cm³/mol. The molecule has 1 N–H and O–H groups in total. The summed E-state index contributed by atoms with van der Waals surface area (Å²) in [5.41, 5.74) is 0.00656. The van der Waals surface area contributed by atoms with Crippen LogP contribution in [0.3, 0.4) is 0 Å². The van der Waals surface area contributed by atoms with Gasteiger partial charge in [0.25, 0.3) is 0 Å². The number of thiophene rings is 1. The fourth-order valence-corrected chi connectivity index (χ4v) is 3.72. The van der Waals surface area contributed by atoms with Gasteiger partial charge >= 0.3 is 6.18 Å². The van der Waals surface area contributed by atoms with Gasteiger partial charge in [0.2, 0.25) is 5.91 Å². The van der Waals surface area contributed by atoms with Crippen LogP contribution in [0.5, 0.6) is 0 Å². The highest BCUT2D eigenvalue weighted by molar-refractivity contribution is 7.13. The van der Waals surface area contributed by atoms with E-state index in [1.807, 2.05) is 17.5 Å². The molecule has 0 fully saturated rings.